The monoisotopic (exact) mass is 1040 g/mol. The third kappa shape index (κ3) is 20.5. The molecule has 1 fully saturated rings. The number of unbranched alkanes of at least 4 members (excludes halogenated alkanes) is 2. The molecular weight excluding hydrogens is 961 g/mol. The number of amides is 9. The minimum atomic E-state index is -1.72. The number of phenols is 1. The Morgan fingerprint density at radius 2 is 1.05 bits per heavy atom. The van der Waals surface area contributed by atoms with Crippen LogP contribution >= 0.6 is 0 Å². The molecule has 0 radical (unpaired) electrons. The van der Waals surface area contributed by atoms with E-state index in [2.05, 4.69) is 42.5 Å². The number of hydrogen-bond donors (Lipinski definition) is 16. The summed E-state index contributed by atoms with van der Waals surface area (Å²) in [5.41, 5.74) is 17.1. The molecule has 0 unspecified atom stereocenters. The number of carboxylic acid groups (broad SMARTS) is 1. The lowest BCUT2D eigenvalue weighted by Crippen LogP contribution is -2.62. The molecule has 9 amide bonds. The molecule has 1 aliphatic rings. The fourth-order valence-electron chi connectivity index (χ4n) is 7.61. The Balaban J connectivity index is 2.32. The number of hydrogen-bond acceptors (Lipinski definition) is 17. The number of rotatable bonds is 33. The molecule has 19 N–H and O–H groups in total. The van der Waals surface area contributed by atoms with Gasteiger partial charge in [-0.15, -0.1) is 0 Å². The molecule has 0 bridgehead atoms. The molecule has 0 saturated carbocycles. The zero-order chi connectivity index (χ0) is 54.8. The summed E-state index contributed by atoms with van der Waals surface area (Å²) in [7, 11) is 0. The van der Waals surface area contributed by atoms with Gasteiger partial charge in [0.1, 0.15) is 60.1 Å². The number of aliphatic hydroxyl groups excluding tert-OH is 3. The number of carboxylic acids is 1. The summed E-state index contributed by atoms with van der Waals surface area (Å²) in [6.45, 7) is 2.18. The second-order valence-electron chi connectivity index (χ2n) is 17.7. The first-order chi connectivity index (χ1) is 34.7. The van der Waals surface area contributed by atoms with Gasteiger partial charge in [0.2, 0.25) is 53.2 Å². The van der Waals surface area contributed by atoms with Crippen molar-refractivity contribution in [3.05, 3.63) is 29.8 Å². The molecule has 1 saturated heterocycles. The predicted molar refractivity (Wildman–Crippen MR) is 261 cm³/mol. The van der Waals surface area contributed by atoms with Gasteiger partial charge in [-0.2, -0.15) is 0 Å². The Hall–Kier alpha value is -6.52. The van der Waals surface area contributed by atoms with Gasteiger partial charge >= 0.3 is 5.97 Å². The van der Waals surface area contributed by atoms with E-state index in [1.54, 1.807) is 13.8 Å². The number of phenolic OH excluding ortho intramolecular Hbond substituents is 1. The molecular formula is C46H76N12O15. The molecule has 10 atom stereocenters. The number of nitrogens with one attached hydrogen (secondary N) is 8. The van der Waals surface area contributed by atoms with Crippen molar-refractivity contribution < 1.29 is 73.5 Å². The van der Waals surface area contributed by atoms with Crippen LogP contribution in [0.2, 0.25) is 0 Å². The molecule has 1 aromatic carbocycles. The van der Waals surface area contributed by atoms with Gasteiger partial charge in [0, 0.05) is 13.0 Å². The Morgan fingerprint density at radius 3 is 1.52 bits per heavy atom. The van der Waals surface area contributed by atoms with Gasteiger partial charge in [0.25, 0.3) is 0 Å². The van der Waals surface area contributed by atoms with E-state index in [-0.39, 0.29) is 51.1 Å². The molecule has 1 aliphatic heterocycles. The van der Waals surface area contributed by atoms with E-state index < -0.39 is 139 Å². The van der Waals surface area contributed by atoms with Crippen LogP contribution in [0.5, 0.6) is 5.75 Å². The molecule has 27 nitrogen and oxygen atoms in total. The summed E-state index contributed by atoms with van der Waals surface area (Å²) in [6, 6.07) is -7.26. The SMILES string of the molecule is CC[C@H](C)[C@H](NC(=O)[C@H](Cc1ccc(O)cc1)NC(=O)[C@H](CO)NC(=O)[C@H](C)NC(=O)[C@@H]1CCCN1C(=O)CN)C(=O)N[C@@H](CO)C(=O)N[C@@H](CCCCN)C(=O)N[C@@H](CCCCN)C(=O)N[C@@H](CO)C(=O)O. The average molecular weight is 1040 g/mol. The van der Waals surface area contributed by atoms with Crippen molar-refractivity contribution in [2.75, 3.05) is 46.0 Å². The van der Waals surface area contributed by atoms with Crippen molar-refractivity contribution in [2.24, 2.45) is 23.1 Å². The Kier molecular flexibility index (Phi) is 27.9. The standard InChI is InChI=1S/C46H76N12O15/c1-4-25(2)37(45(71)55-33(23-60)42(68)52-29(10-5-7-17-47)39(65)51-30(11-6-8-18-48)40(66)56-34(24-61)46(72)73)57-41(67)31(20-27-13-15-28(62)16-14-27)53-43(69)32(22-59)54-38(64)26(3)50-44(70)35-12-9-19-58(35)36(63)21-49/h13-16,25-26,29-35,37,59-62H,4-12,17-24,47-49H2,1-3H3,(H,50,70)(H,51,65)(H,52,68)(H,53,69)(H,54,64)(H,55,71)(H,56,66)(H,57,67)(H,72,73)/t25-,26-,29-,30-,31-,32-,33-,34-,35-,37-/m0/s1. The summed E-state index contributed by atoms with van der Waals surface area (Å²) in [5.74, 6) is -10.1. The largest absolute Gasteiger partial charge is 0.508 e. The van der Waals surface area contributed by atoms with Gasteiger partial charge in [-0.1, -0.05) is 32.4 Å². The van der Waals surface area contributed by atoms with E-state index in [4.69, 9.17) is 17.2 Å². The van der Waals surface area contributed by atoms with Crippen LogP contribution in [-0.4, -0.2) is 190 Å². The Labute approximate surface area is 423 Å². The molecule has 2 rings (SSSR count). The molecule has 73 heavy (non-hydrogen) atoms. The number of benzene rings is 1. The fourth-order valence-corrected chi connectivity index (χ4v) is 7.61. The topological polar surface area (TPSA) is 449 Å². The van der Waals surface area contributed by atoms with Crippen LogP contribution in [-0.2, 0) is 54.4 Å². The summed E-state index contributed by atoms with van der Waals surface area (Å²) in [6.07, 6.45) is 2.35. The van der Waals surface area contributed by atoms with Crippen molar-refractivity contribution in [2.45, 2.75) is 139 Å². The number of nitrogens with two attached hydrogens (primary N) is 3. The molecule has 27 heteroatoms. The van der Waals surface area contributed by atoms with Crippen LogP contribution in [0.25, 0.3) is 0 Å². The lowest BCUT2D eigenvalue weighted by molar-refractivity contribution is -0.143. The minimum Gasteiger partial charge on any atom is -0.508 e. The second kappa shape index (κ2) is 32.5. The van der Waals surface area contributed by atoms with Gasteiger partial charge < -0.3 is 90.2 Å². The number of carbonyl (C=O) groups excluding carboxylic acids is 9. The lowest BCUT2D eigenvalue weighted by Gasteiger charge is -2.29. The number of likely N-dealkylation sites (tertiary alicyclic amines) is 1. The van der Waals surface area contributed by atoms with Crippen LogP contribution in [0.15, 0.2) is 24.3 Å². The molecule has 0 aromatic heterocycles. The summed E-state index contributed by atoms with van der Waals surface area (Å²) < 4.78 is 0. The third-order valence-corrected chi connectivity index (χ3v) is 12.2. The maximum absolute atomic E-state index is 14.2. The van der Waals surface area contributed by atoms with Crippen LogP contribution < -0.4 is 59.7 Å². The van der Waals surface area contributed by atoms with Crippen molar-refractivity contribution in [3.8, 4) is 5.75 Å². The maximum Gasteiger partial charge on any atom is 0.328 e. The van der Waals surface area contributed by atoms with E-state index in [0.29, 0.717) is 50.6 Å². The van der Waals surface area contributed by atoms with Gasteiger partial charge in [0.05, 0.1) is 26.4 Å². The third-order valence-electron chi connectivity index (χ3n) is 12.2. The minimum absolute atomic E-state index is 0.00773. The highest BCUT2D eigenvalue weighted by molar-refractivity contribution is 5.98. The number of aromatic hydroxyl groups is 1. The molecule has 1 aromatic rings. The first-order valence-corrected chi connectivity index (χ1v) is 24.4. The van der Waals surface area contributed by atoms with Crippen LogP contribution in [0.4, 0.5) is 0 Å². The first kappa shape index (κ1) is 62.6. The number of aliphatic hydroxyl groups is 3. The summed E-state index contributed by atoms with van der Waals surface area (Å²) in [5, 5.41) is 68.7. The van der Waals surface area contributed by atoms with Gasteiger partial charge in [-0.25, -0.2) is 4.79 Å². The molecule has 0 spiro atoms. The summed E-state index contributed by atoms with van der Waals surface area (Å²) >= 11 is 0. The van der Waals surface area contributed by atoms with Gasteiger partial charge in [-0.3, -0.25) is 43.2 Å². The number of aliphatic carboxylic acids is 1. The van der Waals surface area contributed by atoms with E-state index in [1.807, 2.05) is 0 Å². The van der Waals surface area contributed by atoms with Crippen LogP contribution in [0.3, 0.4) is 0 Å². The number of nitrogens with zero attached hydrogens (tertiary/aromatic N) is 1. The quantitative estimate of drug-likeness (QED) is 0.0292. The highest BCUT2D eigenvalue weighted by Gasteiger charge is 2.37. The van der Waals surface area contributed by atoms with Crippen molar-refractivity contribution in [1.29, 1.82) is 0 Å². The van der Waals surface area contributed by atoms with Gasteiger partial charge in [-0.05, 0) is 95.0 Å². The van der Waals surface area contributed by atoms with Gasteiger partial charge in [0.15, 0.2) is 0 Å². The molecule has 1 heterocycles. The molecule has 410 valence electrons. The number of carbonyl (C=O) groups is 10. The predicted octanol–water partition coefficient (Wildman–Crippen LogP) is -5.85. The zero-order valence-corrected chi connectivity index (χ0v) is 41.6. The van der Waals surface area contributed by atoms with Crippen molar-refractivity contribution >= 4 is 59.1 Å². The first-order valence-electron chi connectivity index (χ1n) is 24.4. The molecule has 0 aliphatic carbocycles. The highest BCUT2D eigenvalue weighted by Crippen LogP contribution is 2.18. The normalized spacial score (nSPS) is 16.9. The maximum atomic E-state index is 14.2. The smallest absolute Gasteiger partial charge is 0.328 e. The fraction of sp³-hybridized carbons (Fsp3) is 0.652. The van der Waals surface area contributed by atoms with Crippen molar-refractivity contribution in [1.82, 2.24) is 47.4 Å². The summed E-state index contributed by atoms with van der Waals surface area (Å²) in [4.78, 5) is 134. The van der Waals surface area contributed by atoms with E-state index in [0.717, 1.165) is 0 Å². The van der Waals surface area contributed by atoms with Crippen LogP contribution in [0, 0.1) is 5.92 Å². The Morgan fingerprint density at radius 1 is 0.603 bits per heavy atom. The van der Waals surface area contributed by atoms with E-state index in [1.165, 1.54) is 36.1 Å². The average Bonchev–Trinajstić information content (AvgIpc) is 3.87. The van der Waals surface area contributed by atoms with Crippen molar-refractivity contribution in [3.63, 3.8) is 0 Å². The van der Waals surface area contributed by atoms with E-state index in [9.17, 15) is 73.5 Å². The second-order valence-corrected chi connectivity index (χ2v) is 17.7. The zero-order valence-electron chi connectivity index (χ0n) is 41.6. The Bertz CT molecular complexity index is 2010. The van der Waals surface area contributed by atoms with Crippen LogP contribution in [0.1, 0.15) is 84.1 Å². The highest BCUT2D eigenvalue weighted by atomic mass is 16.4. The lowest BCUT2D eigenvalue weighted by atomic mass is 9.96. The van der Waals surface area contributed by atoms with E-state index >= 15 is 0 Å².